The van der Waals surface area contributed by atoms with E-state index in [4.69, 9.17) is 9.47 Å². The molecule has 2 atom stereocenters. The number of likely N-dealkylation sites (tertiary alicyclic amines) is 1. The maximum Gasteiger partial charge on any atom is 0.410 e. The number of carbonyl (C=O) groups is 1. The van der Waals surface area contributed by atoms with Crippen molar-refractivity contribution >= 4 is 6.09 Å². The largest absolute Gasteiger partial charge is 0.444 e. The Balaban J connectivity index is 1.90. The SMILES string of the molecule is CC(C)(C)OC(=O)N1C[C@H](OC2CC2)C[C@H]1CO. The van der Waals surface area contributed by atoms with Gasteiger partial charge in [0.25, 0.3) is 0 Å². The molecule has 2 fully saturated rings. The van der Waals surface area contributed by atoms with Crippen LogP contribution in [0.5, 0.6) is 0 Å². The second kappa shape index (κ2) is 5.05. The van der Waals surface area contributed by atoms with Crippen molar-refractivity contribution in [2.24, 2.45) is 0 Å². The first-order valence-electron chi connectivity index (χ1n) is 6.65. The number of carbonyl (C=O) groups excluding carboxylic acids is 1. The van der Waals surface area contributed by atoms with Gasteiger partial charge in [-0.25, -0.2) is 4.79 Å². The lowest BCUT2D eigenvalue weighted by Gasteiger charge is -2.27. The van der Waals surface area contributed by atoms with Crippen molar-refractivity contribution in [3.63, 3.8) is 0 Å². The Morgan fingerprint density at radius 2 is 2.00 bits per heavy atom. The normalized spacial score (nSPS) is 28.6. The summed E-state index contributed by atoms with van der Waals surface area (Å²) in [7, 11) is 0. The summed E-state index contributed by atoms with van der Waals surface area (Å²) in [6.07, 6.45) is 2.99. The fraction of sp³-hybridized carbons (Fsp3) is 0.923. The summed E-state index contributed by atoms with van der Waals surface area (Å²) >= 11 is 0. The minimum absolute atomic E-state index is 0.0379. The van der Waals surface area contributed by atoms with Gasteiger partial charge < -0.3 is 19.5 Å². The lowest BCUT2D eigenvalue weighted by atomic mass is 10.2. The molecule has 0 spiro atoms. The van der Waals surface area contributed by atoms with E-state index in [0.29, 0.717) is 19.1 Å². The number of aliphatic hydroxyl groups excluding tert-OH is 1. The molecule has 18 heavy (non-hydrogen) atoms. The van der Waals surface area contributed by atoms with Crippen LogP contribution in [0.15, 0.2) is 0 Å². The minimum Gasteiger partial charge on any atom is -0.444 e. The molecule has 1 N–H and O–H groups in total. The van der Waals surface area contributed by atoms with Gasteiger partial charge in [-0.2, -0.15) is 0 Å². The third-order valence-corrected chi connectivity index (χ3v) is 3.12. The van der Waals surface area contributed by atoms with Crippen LogP contribution in [0.1, 0.15) is 40.0 Å². The molecule has 1 heterocycles. The molecular formula is C13H23NO4. The van der Waals surface area contributed by atoms with Gasteiger partial charge in [0.1, 0.15) is 5.60 Å². The number of amides is 1. The quantitative estimate of drug-likeness (QED) is 0.833. The molecule has 1 aliphatic heterocycles. The van der Waals surface area contributed by atoms with Crippen LogP contribution in [-0.2, 0) is 9.47 Å². The smallest absolute Gasteiger partial charge is 0.410 e. The standard InChI is InChI=1S/C13H23NO4/c1-13(2,3)18-12(16)14-7-11(6-9(14)8-15)17-10-4-5-10/h9-11,15H,4-8H2,1-3H3/t9-,11+/m0/s1. The molecule has 1 amide bonds. The molecule has 0 aromatic rings. The second-order valence-corrected chi connectivity index (χ2v) is 6.16. The Morgan fingerprint density at radius 1 is 1.33 bits per heavy atom. The molecule has 2 rings (SSSR count). The van der Waals surface area contributed by atoms with Crippen molar-refractivity contribution in [2.45, 2.75) is 63.9 Å². The number of hydrogen-bond acceptors (Lipinski definition) is 4. The number of rotatable bonds is 3. The van der Waals surface area contributed by atoms with Crippen molar-refractivity contribution in [1.82, 2.24) is 4.90 Å². The van der Waals surface area contributed by atoms with E-state index in [1.807, 2.05) is 20.8 Å². The summed E-state index contributed by atoms with van der Waals surface area (Å²) < 4.78 is 11.1. The van der Waals surface area contributed by atoms with Crippen LogP contribution < -0.4 is 0 Å². The number of ether oxygens (including phenoxy) is 2. The van der Waals surface area contributed by atoms with Crippen molar-refractivity contribution in [1.29, 1.82) is 0 Å². The minimum atomic E-state index is -0.507. The van der Waals surface area contributed by atoms with Crippen LogP contribution in [0.25, 0.3) is 0 Å². The van der Waals surface area contributed by atoms with Crippen LogP contribution in [0.2, 0.25) is 0 Å². The number of nitrogens with zero attached hydrogens (tertiary/aromatic N) is 1. The maximum absolute atomic E-state index is 12.0. The highest BCUT2D eigenvalue weighted by molar-refractivity contribution is 5.69. The highest BCUT2D eigenvalue weighted by Gasteiger charge is 2.39. The molecule has 2 aliphatic rings. The van der Waals surface area contributed by atoms with Gasteiger partial charge in [0.05, 0.1) is 31.4 Å². The van der Waals surface area contributed by atoms with Crippen LogP contribution in [0, 0.1) is 0 Å². The first kappa shape index (κ1) is 13.6. The highest BCUT2D eigenvalue weighted by Crippen LogP contribution is 2.30. The van der Waals surface area contributed by atoms with Gasteiger partial charge in [-0.05, 0) is 40.0 Å². The van der Waals surface area contributed by atoms with E-state index >= 15 is 0 Å². The summed E-state index contributed by atoms with van der Waals surface area (Å²) in [6, 6.07) is -0.177. The molecule has 0 unspecified atom stereocenters. The second-order valence-electron chi connectivity index (χ2n) is 6.16. The summed E-state index contributed by atoms with van der Waals surface area (Å²) in [5.74, 6) is 0. The summed E-state index contributed by atoms with van der Waals surface area (Å²) in [5.41, 5.74) is -0.507. The first-order chi connectivity index (χ1) is 8.39. The fourth-order valence-corrected chi connectivity index (χ4v) is 2.17. The lowest BCUT2D eigenvalue weighted by molar-refractivity contribution is 0.0119. The maximum atomic E-state index is 12.0. The van der Waals surface area contributed by atoms with Gasteiger partial charge in [0, 0.05) is 0 Å². The van der Waals surface area contributed by atoms with Gasteiger partial charge in [-0.15, -0.1) is 0 Å². The van der Waals surface area contributed by atoms with E-state index < -0.39 is 5.60 Å². The van der Waals surface area contributed by atoms with Crippen molar-refractivity contribution < 1.29 is 19.4 Å². The third-order valence-electron chi connectivity index (χ3n) is 3.12. The first-order valence-corrected chi connectivity index (χ1v) is 6.65. The monoisotopic (exact) mass is 257 g/mol. The predicted molar refractivity (Wildman–Crippen MR) is 66.3 cm³/mol. The predicted octanol–water partition coefficient (Wildman–Crippen LogP) is 1.54. The Bertz CT molecular complexity index is 309. The Kier molecular flexibility index (Phi) is 3.82. The van der Waals surface area contributed by atoms with E-state index in [2.05, 4.69) is 0 Å². The van der Waals surface area contributed by atoms with Crippen LogP contribution in [-0.4, -0.2) is 53.1 Å². The van der Waals surface area contributed by atoms with Crippen molar-refractivity contribution in [3.05, 3.63) is 0 Å². The van der Waals surface area contributed by atoms with E-state index in [-0.39, 0.29) is 24.8 Å². The zero-order valence-corrected chi connectivity index (χ0v) is 11.4. The summed E-state index contributed by atoms with van der Waals surface area (Å²) in [6.45, 7) is 6.01. The van der Waals surface area contributed by atoms with Gasteiger partial charge in [0.2, 0.25) is 0 Å². The molecule has 104 valence electrons. The van der Waals surface area contributed by atoms with Crippen molar-refractivity contribution in [3.8, 4) is 0 Å². The van der Waals surface area contributed by atoms with Gasteiger partial charge in [-0.3, -0.25) is 0 Å². The third kappa shape index (κ3) is 3.59. The lowest BCUT2D eigenvalue weighted by Crippen LogP contribution is -2.41. The topological polar surface area (TPSA) is 59.0 Å². The molecule has 5 heteroatoms. The van der Waals surface area contributed by atoms with Crippen LogP contribution in [0.4, 0.5) is 4.79 Å². The Morgan fingerprint density at radius 3 is 2.50 bits per heavy atom. The molecular weight excluding hydrogens is 234 g/mol. The summed E-state index contributed by atoms with van der Waals surface area (Å²) in [4.78, 5) is 13.6. The fourth-order valence-electron chi connectivity index (χ4n) is 2.17. The average Bonchev–Trinajstić information content (AvgIpc) is 2.93. The molecule has 0 bridgehead atoms. The number of hydrogen-bond donors (Lipinski definition) is 1. The molecule has 1 saturated heterocycles. The zero-order chi connectivity index (χ0) is 13.3. The van der Waals surface area contributed by atoms with Gasteiger partial charge in [0.15, 0.2) is 0 Å². The molecule has 0 radical (unpaired) electrons. The molecule has 1 aliphatic carbocycles. The Labute approximate surface area is 108 Å². The summed E-state index contributed by atoms with van der Waals surface area (Å²) in [5, 5.41) is 9.35. The number of aliphatic hydroxyl groups is 1. The average molecular weight is 257 g/mol. The van der Waals surface area contributed by atoms with E-state index in [9.17, 15) is 9.90 Å². The van der Waals surface area contributed by atoms with Gasteiger partial charge >= 0.3 is 6.09 Å². The van der Waals surface area contributed by atoms with Gasteiger partial charge in [-0.1, -0.05) is 0 Å². The molecule has 1 saturated carbocycles. The van der Waals surface area contributed by atoms with Crippen molar-refractivity contribution in [2.75, 3.05) is 13.2 Å². The molecule has 0 aromatic carbocycles. The van der Waals surface area contributed by atoms with Crippen LogP contribution >= 0.6 is 0 Å². The zero-order valence-electron chi connectivity index (χ0n) is 11.4. The van der Waals surface area contributed by atoms with E-state index in [1.54, 1.807) is 4.90 Å². The molecule has 0 aromatic heterocycles. The van der Waals surface area contributed by atoms with E-state index in [0.717, 1.165) is 12.8 Å². The van der Waals surface area contributed by atoms with Crippen LogP contribution in [0.3, 0.4) is 0 Å². The molecule has 5 nitrogen and oxygen atoms in total. The Hall–Kier alpha value is -0.810. The highest BCUT2D eigenvalue weighted by atomic mass is 16.6. The van der Waals surface area contributed by atoms with E-state index in [1.165, 1.54) is 0 Å².